The lowest BCUT2D eigenvalue weighted by Crippen LogP contribution is -2.30. The molecule has 3 aromatic rings. The van der Waals surface area contributed by atoms with Gasteiger partial charge in [0.1, 0.15) is 5.75 Å². The Morgan fingerprint density at radius 3 is 2.62 bits per heavy atom. The fourth-order valence-electron chi connectivity index (χ4n) is 3.17. The topological polar surface area (TPSA) is 70.2 Å². The number of rotatable bonds is 4. The molecule has 0 aliphatic carbocycles. The molecule has 0 atom stereocenters. The number of para-hydroxylation sites is 1. The summed E-state index contributed by atoms with van der Waals surface area (Å²) in [5, 5.41) is 10.0. The monoisotopic (exact) mass is 348 g/mol. The summed E-state index contributed by atoms with van der Waals surface area (Å²) in [5.41, 5.74) is 3.39. The van der Waals surface area contributed by atoms with Gasteiger partial charge in [0.05, 0.1) is 5.69 Å². The Labute approximate surface area is 151 Å². The van der Waals surface area contributed by atoms with E-state index in [0.717, 1.165) is 37.3 Å². The number of ether oxygens (including phenoxy) is 1. The number of benzene rings is 2. The van der Waals surface area contributed by atoms with Crippen LogP contribution in [0.5, 0.6) is 5.75 Å². The molecule has 1 aliphatic rings. The largest absolute Gasteiger partial charge is 0.418 e. The molecule has 2 heterocycles. The molecule has 6 nitrogen and oxygen atoms in total. The molecule has 0 bridgehead atoms. The predicted molar refractivity (Wildman–Crippen MR) is 98.9 cm³/mol. The van der Waals surface area contributed by atoms with E-state index in [1.165, 1.54) is 5.56 Å². The van der Waals surface area contributed by atoms with E-state index < -0.39 is 6.09 Å². The molecule has 4 rings (SSSR count). The lowest BCUT2D eigenvalue weighted by atomic mass is 10.1. The smallest absolute Gasteiger partial charge is 0.410 e. The molecule has 6 heteroatoms. The number of fused-ring (bicyclic) bond motifs is 1. The van der Waals surface area contributed by atoms with Crippen LogP contribution in [0.3, 0.4) is 0 Å². The van der Waals surface area contributed by atoms with Gasteiger partial charge in [0, 0.05) is 25.2 Å². The molecule has 2 aromatic carbocycles. The zero-order chi connectivity index (χ0) is 17.8. The number of anilines is 1. The summed E-state index contributed by atoms with van der Waals surface area (Å²) < 4.78 is 5.26. The third kappa shape index (κ3) is 3.75. The molecule has 0 radical (unpaired) electrons. The minimum Gasteiger partial charge on any atom is -0.410 e. The van der Waals surface area contributed by atoms with E-state index in [1.54, 1.807) is 12.1 Å². The summed E-state index contributed by atoms with van der Waals surface area (Å²) in [6.45, 7) is 2.61. The Kier molecular flexibility index (Phi) is 4.66. The highest BCUT2D eigenvalue weighted by molar-refractivity contribution is 5.86. The first kappa shape index (κ1) is 16.4. The second-order valence-electron chi connectivity index (χ2n) is 6.30. The number of hydrogen-bond donors (Lipinski definition) is 2. The van der Waals surface area contributed by atoms with Gasteiger partial charge in [0.2, 0.25) is 0 Å². The Morgan fingerprint density at radius 2 is 1.85 bits per heavy atom. The van der Waals surface area contributed by atoms with Gasteiger partial charge in [-0.15, -0.1) is 0 Å². The number of nitrogens with zero attached hydrogens (tertiary/aromatic N) is 2. The Morgan fingerprint density at radius 1 is 1.12 bits per heavy atom. The fraction of sp³-hybridized carbons (Fsp3) is 0.200. The third-order valence-corrected chi connectivity index (χ3v) is 4.44. The first-order chi connectivity index (χ1) is 12.8. The number of nitrogens with one attached hydrogen (secondary N) is 2. The fourth-order valence-corrected chi connectivity index (χ4v) is 3.17. The highest BCUT2D eigenvalue weighted by atomic mass is 16.6. The van der Waals surface area contributed by atoms with Crippen LogP contribution in [0, 0.1) is 0 Å². The van der Waals surface area contributed by atoms with Crippen molar-refractivity contribution in [2.45, 2.75) is 19.5 Å². The van der Waals surface area contributed by atoms with E-state index in [4.69, 9.17) is 4.74 Å². The van der Waals surface area contributed by atoms with Gasteiger partial charge < -0.3 is 4.74 Å². The van der Waals surface area contributed by atoms with E-state index >= 15 is 0 Å². The van der Waals surface area contributed by atoms with E-state index in [2.05, 4.69) is 44.7 Å². The maximum Gasteiger partial charge on any atom is 0.418 e. The van der Waals surface area contributed by atoms with Crippen LogP contribution in [0.15, 0.2) is 60.7 Å². The van der Waals surface area contributed by atoms with Gasteiger partial charge in [-0.25, -0.2) is 4.79 Å². The summed E-state index contributed by atoms with van der Waals surface area (Å²) in [4.78, 5) is 14.4. The van der Waals surface area contributed by atoms with E-state index in [-0.39, 0.29) is 0 Å². The van der Waals surface area contributed by atoms with E-state index in [9.17, 15) is 4.79 Å². The van der Waals surface area contributed by atoms with Gasteiger partial charge in [0.25, 0.3) is 0 Å². The summed E-state index contributed by atoms with van der Waals surface area (Å²) in [6.07, 6.45) is 0.303. The molecular formula is C20H20N4O2. The molecule has 2 N–H and O–H groups in total. The molecule has 0 saturated carbocycles. The highest BCUT2D eigenvalue weighted by Gasteiger charge is 2.23. The number of H-pyrrole nitrogens is 1. The first-order valence-electron chi connectivity index (χ1n) is 8.64. The lowest BCUT2D eigenvalue weighted by Gasteiger charge is -2.26. The van der Waals surface area contributed by atoms with E-state index in [1.807, 2.05) is 24.3 Å². The molecule has 1 aliphatic heterocycles. The summed E-state index contributed by atoms with van der Waals surface area (Å²) in [7, 11) is 0. The molecule has 0 unspecified atom stereocenters. The zero-order valence-electron chi connectivity index (χ0n) is 14.3. The Bertz CT molecular complexity index is 877. The molecule has 0 fully saturated rings. The second-order valence-corrected chi connectivity index (χ2v) is 6.30. The lowest BCUT2D eigenvalue weighted by molar-refractivity contribution is 0.215. The molecular weight excluding hydrogens is 328 g/mol. The summed E-state index contributed by atoms with van der Waals surface area (Å²) in [6, 6.07) is 19.4. The van der Waals surface area contributed by atoms with Crippen LogP contribution in [0.1, 0.15) is 16.8 Å². The van der Waals surface area contributed by atoms with Gasteiger partial charge in [-0.1, -0.05) is 48.5 Å². The Balaban J connectivity index is 1.39. The first-order valence-corrected chi connectivity index (χ1v) is 8.64. The van der Waals surface area contributed by atoms with Gasteiger partial charge in [-0.05, 0) is 24.1 Å². The van der Waals surface area contributed by atoms with Crippen molar-refractivity contribution < 1.29 is 9.53 Å². The van der Waals surface area contributed by atoms with Crippen LogP contribution in [0.4, 0.5) is 10.6 Å². The molecule has 0 saturated heterocycles. The number of carbonyl (C=O) groups is 1. The average Bonchev–Trinajstić information content (AvgIpc) is 3.05. The maximum absolute atomic E-state index is 12.1. The number of amides is 1. The van der Waals surface area contributed by atoms with Crippen molar-refractivity contribution in [3.63, 3.8) is 0 Å². The van der Waals surface area contributed by atoms with E-state index in [0.29, 0.717) is 11.6 Å². The molecule has 0 spiro atoms. The quantitative estimate of drug-likeness (QED) is 0.756. The van der Waals surface area contributed by atoms with Crippen molar-refractivity contribution in [1.82, 2.24) is 15.1 Å². The van der Waals surface area contributed by atoms with Crippen molar-refractivity contribution in [3.8, 4) is 5.75 Å². The third-order valence-electron chi connectivity index (χ3n) is 4.44. The van der Waals surface area contributed by atoms with Crippen molar-refractivity contribution in [3.05, 3.63) is 77.5 Å². The van der Waals surface area contributed by atoms with Crippen molar-refractivity contribution in [2.24, 2.45) is 0 Å². The zero-order valence-corrected chi connectivity index (χ0v) is 14.3. The van der Waals surface area contributed by atoms with Crippen LogP contribution in [-0.2, 0) is 19.5 Å². The molecule has 1 amide bonds. The van der Waals surface area contributed by atoms with Crippen LogP contribution >= 0.6 is 0 Å². The maximum atomic E-state index is 12.1. The number of aromatic amines is 1. The van der Waals surface area contributed by atoms with Crippen LogP contribution in [0.25, 0.3) is 0 Å². The van der Waals surface area contributed by atoms with Crippen LogP contribution < -0.4 is 10.1 Å². The number of carbonyl (C=O) groups excluding carboxylic acids is 1. The SMILES string of the molecule is O=C(Nc1n[nH]c2c1CCN(Cc1ccccc1)C2)Oc1ccccc1. The highest BCUT2D eigenvalue weighted by Crippen LogP contribution is 2.25. The number of aromatic nitrogens is 2. The molecule has 132 valence electrons. The van der Waals surface area contributed by atoms with Crippen molar-refractivity contribution >= 4 is 11.9 Å². The van der Waals surface area contributed by atoms with Gasteiger partial charge in [-0.2, -0.15) is 5.10 Å². The van der Waals surface area contributed by atoms with Crippen molar-refractivity contribution in [1.29, 1.82) is 0 Å². The molecule has 1 aromatic heterocycles. The average molecular weight is 348 g/mol. The predicted octanol–water partition coefficient (Wildman–Crippen LogP) is 3.58. The van der Waals surface area contributed by atoms with Gasteiger partial charge in [-0.3, -0.25) is 15.3 Å². The summed E-state index contributed by atoms with van der Waals surface area (Å²) in [5.74, 6) is 1.06. The molecule has 26 heavy (non-hydrogen) atoms. The Hall–Kier alpha value is -3.12. The minimum absolute atomic E-state index is 0.503. The summed E-state index contributed by atoms with van der Waals surface area (Å²) >= 11 is 0. The van der Waals surface area contributed by atoms with Crippen LogP contribution in [0.2, 0.25) is 0 Å². The minimum atomic E-state index is -0.530. The van der Waals surface area contributed by atoms with Gasteiger partial charge in [0.15, 0.2) is 5.82 Å². The normalized spacial score (nSPS) is 13.8. The number of hydrogen-bond acceptors (Lipinski definition) is 4. The standard InChI is InChI=1S/C20H20N4O2/c25-20(26-16-9-5-2-6-10-16)21-19-17-11-12-24(14-18(17)22-23-19)13-15-7-3-1-4-8-15/h1-10H,11-14H2,(H2,21,22,23,25). The second kappa shape index (κ2) is 7.41. The van der Waals surface area contributed by atoms with Crippen molar-refractivity contribution in [2.75, 3.05) is 11.9 Å². The van der Waals surface area contributed by atoms with Gasteiger partial charge >= 0.3 is 6.09 Å². The van der Waals surface area contributed by atoms with Crippen LogP contribution in [-0.4, -0.2) is 27.7 Å².